The van der Waals surface area contributed by atoms with E-state index in [1.807, 2.05) is 0 Å². The molecule has 0 amide bonds. The monoisotopic (exact) mass is 236 g/mol. The lowest BCUT2D eigenvalue weighted by atomic mass is 9.93. The number of unbranched alkanes of at least 4 members (excludes halogenated alkanes) is 2. The molecule has 2 heteroatoms. The topological polar surface area (TPSA) is 15.6 Å². The zero-order chi connectivity index (χ0) is 12.9. The third-order valence-corrected chi connectivity index (χ3v) is 3.34. The molecule has 0 aliphatic carbocycles. The number of hydrogen-bond donors (Lipinski definition) is 0. The summed E-state index contributed by atoms with van der Waals surface area (Å²) in [6.45, 7) is 13.3. The predicted octanol–water partition coefficient (Wildman–Crippen LogP) is 4.23. The Labute approximate surface area is 107 Å². The van der Waals surface area contributed by atoms with Crippen LogP contribution >= 0.6 is 0 Å². The van der Waals surface area contributed by atoms with Crippen molar-refractivity contribution in [1.82, 2.24) is 4.90 Å². The minimum Gasteiger partial charge on any atom is -0.334 e. The third kappa shape index (κ3) is 3.58. The minimum absolute atomic E-state index is 0.117. The van der Waals surface area contributed by atoms with Crippen LogP contribution in [0.2, 0.25) is 0 Å². The van der Waals surface area contributed by atoms with Crippen molar-refractivity contribution in [3.05, 3.63) is 11.8 Å². The molecule has 1 heterocycles. The molecule has 0 bridgehead atoms. The fourth-order valence-electron chi connectivity index (χ4n) is 2.41. The van der Waals surface area contributed by atoms with Gasteiger partial charge in [-0.15, -0.1) is 0 Å². The van der Waals surface area contributed by atoms with Gasteiger partial charge in [-0.25, -0.2) is 0 Å². The third-order valence-electron chi connectivity index (χ3n) is 3.34. The molecule has 0 saturated carbocycles. The van der Waals surface area contributed by atoms with Gasteiger partial charge in [0.1, 0.15) is 5.84 Å². The van der Waals surface area contributed by atoms with Crippen molar-refractivity contribution in [2.45, 2.75) is 60.3 Å². The first kappa shape index (κ1) is 14.3. The summed E-state index contributed by atoms with van der Waals surface area (Å²) in [4.78, 5) is 7.26. The van der Waals surface area contributed by atoms with E-state index in [-0.39, 0.29) is 5.41 Å². The Kier molecular flexibility index (Phi) is 5.23. The van der Waals surface area contributed by atoms with Crippen LogP contribution in [0.5, 0.6) is 0 Å². The van der Waals surface area contributed by atoms with Gasteiger partial charge in [-0.05, 0) is 33.6 Å². The molecule has 0 fully saturated rings. The van der Waals surface area contributed by atoms with Crippen molar-refractivity contribution in [3.8, 4) is 0 Å². The Bertz CT molecular complexity index is 300. The number of hydrogen-bond acceptors (Lipinski definition) is 1. The van der Waals surface area contributed by atoms with Gasteiger partial charge in [-0.2, -0.15) is 0 Å². The Balaban J connectivity index is 2.77. The van der Waals surface area contributed by atoms with Gasteiger partial charge >= 0.3 is 0 Å². The van der Waals surface area contributed by atoms with E-state index in [4.69, 9.17) is 4.99 Å². The Morgan fingerprint density at radius 3 is 2.41 bits per heavy atom. The quantitative estimate of drug-likeness (QED) is 0.630. The molecule has 1 rings (SSSR count). The summed E-state index contributed by atoms with van der Waals surface area (Å²) in [5, 5.41) is 0. The second-order valence-electron chi connectivity index (χ2n) is 5.57. The second-order valence-corrected chi connectivity index (χ2v) is 5.57. The summed E-state index contributed by atoms with van der Waals surface area (Å²) in [6.07, 6.45) is 7.26. The number of nitrogens with zero attached hydrogens (tertiary/aromatic N) is 2. The standard InChI is InChI=1S/C15H28N2/c1-6-8-10-16-14-15(4,5)12-13(3)17(14)11-9-7-2/h12H,6-11H2,1-5H3. The molecule has 2 nitrogen and oxygen atoms in total. The minimum atomic E-state index is 0.117. The number of allylic oxidation sites excluding steroid dienone is 1. The fourth-order valence-corrected chi connectivity index (χ4v) is 2.41. The maximum Gasteiger partial charge on any atom is 0.113 e. The van der Waals surface area contributed by atoms with Crippen molar-refractivity contribution >= 4 is 5.84 Å². The molecular formula is C15H28N2. The number of rotatable bonds is 6. The molecule has 0 saturated heterocycles. The largest absolute Gasteiger partial charge is 0.334 e. The van der Waals surface area contributed by atoms with Crippen LogP contribution in [0.1, 0.15) is 60.3 Å². The van der Waals surface area contributed by atoms with Gasteiger partial charge in [-0.1, -0.05) is 32.8 Å². The van der Waals surface area contributed by atoms with Crippen molar-refractivity contribution < 1.29 is 0 Å². The molecule has 0 N–H and O–H groups in total. The van der Waals surface area contributed by atoms with E-state index >= 15 is 0 Å². The van der Waals surface area contributed by atoms with Gasteiger partial charge in [0.25, 0.3) is 0 Å². The van der Waals surface area contributed by atoms with E-state index < -0.39 is 0 Å². The smallest absolute Gasteiger partial charge is 0.113 e. The molecule has 1 aliphatic rings. The first-order valence-electron chi connectivity index (χ1n) is 7.04. The van der Waals surface area contributed by atoms with Crippen molar-refractivity contribution in [1.29, 1.82) is 0 Å². The van der Waals surface area contributed by atoms with Crippen LogP contribution in [-0.2, 0) is 0 Å². The molecule has 0 aromatic carbocycles. The average molecular weight is 236 g/mol. The summed E-state index contributed by atoms with van der Waals surface area (Å²) >= 11 is 0. The summed E-state index contributed by atoms with van der Waals surface area (Å²) < 4.78 is 0. The molecule has 98 valence electrons. The molecule has 0 radical (unpaired) electrons. The van der Waals surface area contributed by atoms with Crippen LogP contribution in [0.4, 0.5) is 0 Å². The zero-order valence-electron chi connectivity index (χ0n) is 12.2. The SMILES string of the molecule is CCCCN=C1N(CCCC)C(C)=CC1(C)C. The van der Waals surface area contributed by atoms with Gasteiger partial charge in [0, 0.05) is 24.2 Å². The van der Waals surface area contributed by atoms with E-state index in [0.717, 1.165) is 13.1 Å². The normalized spacial score (nSPS) is 21.1. The zero-order valence-corrected chi connectivity index (χ0v) is 12.2. The first-order valence-corrected chi connectivity index (χ1v) is 7.04. The number of aliphatic imine (C=N–C) groups is 1. The molecule has 0 atom stereocenters. The van der Waals surface area contributed by atoms with Crippen LogP contribution in [0.15, 0.2) is 16.8 Å². The highest BCUT2D eigenvalue weighted by Crippen LogP contribution is 2.33. The maximum absolute atomic E-state index is 4.84. The van der Waals surface area contributed by atoms with Crippen LogP contribution in [0.25, 0.3) is 0 Å². The van der Waals surface area contributed by atoms with Crippen LogP contribution in [-0.4, -0.2) is 23.8 Å². The van der Waals surface area contributed by atoms with Gasteiger partial charge in [0.15, 0.2) is 0 Å². The fraction of sp³-hybridized carbons (Fsp3) is 0.800. The van der Waals surface area contributed by atoms with Crippen LogP contribution in [0.3, 0.4) is 0 Å². The Morgan fingerprint density at radius 2 is 1.82 bits per heavy atom. The van der Waals surface area contributed by atoms with Gasteiger partial charge in [-0.3, -0.25) is 4.99 Å². The predicted molar refractivity (Wildman–Crippen MR) is 76.4 cm³/mol. The molecule has 17 heavy (non-hydrogen) atoms. The van der Waals surface area contributed by atoms with Crippen LogP contribution in [0, 0.1) is 5.41 Å². The molecular weight excluding hydrogens is 208 g/mol. The highest BCUT2D eigenvalue weighted by atomic mass is 15.2. The summed E-state index contributed by atoms with van der Waals surface area (Å²) in [5.74, 6) is 1.27. The van der Waals surface area contributed by atoms with E-state index in [1.54, 1.807) is 0 Å². The summed E-state index contributed by atoms with van der Waals surface area (Å²) in [7, 11) is 0. The lowest BCUT2D eigenvalue weighted by molar-refractivity contribution is 0.478. The highest BCUT2D eigenvalue weighted by Gasteiger charge is 2.34. The second kappa shape index (κ2) is 6.23. The van der Waals surface area contributed by atoms with E-state index in [0.29, 0.717) is 0 Å². The lowest BCUT2D eigenvalue weighted by Crippen LogP contribution is -2.33. The Morgan fingerprint density at radius 1 is 1.18 bits per heavy atom. The van der Waals surface area contributed by atoms with Gasteiger partial charge < -0.3 is 4.90 Å². The van der Waals surface area contributed by atoms with Gasteiger partial charge in [0.05, 0.1) is 0 Å². The molecule has 1 aliphatic heterocycles. The van der Waals surface area contributed by atoms with Gasteiger partial charge in [0.2, 0.25) is 0 Å². The summed E-state index contributed by atoms with van der Waals surface area (Å²) in [5.41, 5.74) is 1.49. The highest BCUT2D eigenvalue weighted by molar-refractivity contribution is 5.93. The first-order chi connectivity index (χ1) is 8.03. The molecule has 0 unspecified atom stereocenters. The Hall–Kier alpha value is -0.790. The maximum atomic E-state index is 4.84. The molecule has 0 aromatic rings. The molecule has 0 aromatic heterocycles. The van der Waals surface area contributed by atoms with Crippen molar-refractivity contribution in [2.24, 2.45) is 10.4 Å². The van der Waals surface area contributed by atoms with E-state index in [1.165, 1.54) is 37.2 Å². The van der Waals surface area contributed by atoms with Crippen molar-refractivity contribution in [3.63, 3.8) is 0 Å². The van der Waals surface area contributed by atoms with E-state index in [2.05, 4.69) is 45.6 Å². The van der Waals surface area contributed by atoms with Crippen molar-refractivity contribution in [2.75, 3.05) is 13.1 Å². The van der Waals surface area contributed by atoms with E-state index in [9.17, 15) is 0 Å². The number of amidine groups is 1. The molecule has 0 spiro atoms. The average Bonchev–Trinajstić information content (AvgIpc) is 2.47. The lowest BCUT2D eigenvalue weighted by Gasteiger charge is -2.26. The van der Waals surface area contributed by atoms with Crippen LogP contribution < -0.4 is 0 Å². The summed E-state index contributed by atoms with van der Waals surface area (Å²) in [6, 6.07) is 0.